The van der Waals surface area contributed by atoms with Crippen LogP contribution in [-0.2, 0) is 4.79 Å². The topological polar surface area (TPSA) is 61.8 Å². The second kappa shape index (κ2) is 6.99. The zero-order valence-electron chi connectivity index (χ0n) is 11.0. The highest BCUT2D eigenvalue weighted by Gasteiger charge is 2.09. The molecule has 104 valence electrons. The molecular weight excluding hydrogens is 244 g/mol. The normalized spacial score (nSPS) is 15.3. The van der Waals surface area contributed by atoms with Crippen LogP contribution in [0.1, 0.15) is 12.8 Å². The molecule has 0 saturated carbocycles. The molecule has 1 aromatic rings. The van der Waals surface area contributed by atoms with Gasteiger partial charge in [-0.2, -0.15) is 0 Å². The standard InChI is InChI=1S/C14H20N2O3/c17-14(18)2-1-11-19-13-5-3-12(4-6-13)16-9-7-15-8-10-16/h3-6,15H,1-2,7-11H2,(H,17,18). The SMILES string of the molecule is O=C(O)CCCOc1ccc(N2CCNCC2)cc1. The summed E-state index contributed by atoms with van der Waals surface area (Å²) < 4.78 is 5.50. The molecule has 5 nitrogen and oxygen atoms in total. The number of carboxylic acids is 1. The van der Waals surface area contributed by atoms with E-state index in [1.807, 2.05) is 12.1 Å². The molecular formula is C14H20N2O3. The Hall–Kier alpha value is -1.75. The summed E-state index contributed by atoms with van der Waals surface area (Å²) in [6, 6.07) is 7.99. The fraction of sp³-hybridized carbons (Fsp3) is 0.500. The van der Waals surface area contributed by atoms with Gasteiger partial charge in [0, 0.05) is 38.3 Å². The van der Waals surface area contributed by atoms with Crippen LogP contribution in [0.5, 0.6) is 5.75 Å². The molecule has 0 radical (unpaired) electrons. The average molecular weight is 264 g/mol. The minimum atomic E-state index is -0.780. The Morgan fingerprint density at radius 1 is 1.26 bits per heavy atom. The van der Waals surface area contributed by atoms with Crippen molar-refractivity contribution in [1.82, 2.24) is 5.32 Å². The molecule has 0 aliphatic carbocycles. The van der Waals surface area contributed by atoms with E-state index in [0.717, 1.165) is 31.9 Å². The Morgan fingerprint density at radius 3 is 2.58 bits per heavy atom. The molecule has 1 heterocycles. The molecule has 0 atom stereocenters. The molecule has 0 amide bonds. The number of carboxylic acid groups (broad SMARTS) is 1. The van der Waals surface area contributed by atoms with Gasteiger partial charge >= 0.3 is 5.97 Å². The monoisotopic (exact) mass is 264 g/mol. The van der Waals surface area contributed by atoms with Gasteiger partial charge in [0.05, 0.1) is 6.61 Å². The number of hydrogen-bond acceptors (Lipinski definition) is 4. The molecule has 0 spiro atoms. The highest BCUT2D eigenvalue weighted by atomic mass is 16.5. The lowest BCUT2D eigenvalue weighted by Gasteiger charge is -2.29. The van der Waals surface area contributed by atoms with Gasteiger partial charge in [-0.1, -0.05) is 0 Å². The number of nitrogens with one attached hydrogen (secondary N) is 1. The highest BCUT2D eigenvalue weighted by Crippen LogP contribution is 2.19. The molecule has 2 rings (SSSR count). The Bertz CT molecular complexity index is 400. The summed E-state index contributed by atoms with van der Waals surface area (Å²) in [5.74, 6) is 0.0157. The lowest BCUT2D eigenvalue weighted by molar-refractivity contribution is -0.137. The molecule has 1 saturated heterocycles. The van der Waals surface area contributed by atoms with Crippen molar-refractivity contribution in [3.8, 4) is 5.75 Å². The number of anilines is 1. The van der Waals surface area contributed by atoms with Crippen LogP contribution in [0.25, 0.3) is 0 Å². The maximum Gasteiger partial charge on any atom is 0.303 e. The molecule has 0 bridgehead atoms. The van der Waals surface area contributed by atoms with Crippen molar-refractivity contribution in [2.45, 2.75) is 12.8 Å². The van der Waals surface area contributed by atoms with Crippen molar-refractivity contribution in [3.05, 3.63) is 24.3 Å². The number of hydrogen-bond donors (Lipinski definition) is 2. The van der Waals surface area contributed by atoms with Crippen LogP contribution in [0, 0.1) is 0 Å². The predicted octanol–water partition coefficient (Wildman–Crippen LogP) is 1.34. The van der Waals surface area contributed by atoms with Gasteiger partial charge < -0.3 is 20.1 Å². The summed E-state index contributed by atoms with van der Waals surface area (Å²) in [6.07, 6.45) is 0.688. The van der Waals surface area contributed by atoms with E-state index in [2.05, 4.69) is 22.3 Å². The van der Waals surface area contributed by atoms with Crippen LogP contribution < -0.4 is 15.0 Å². The molecule has 2 N–H and O–H groups in total. The van der Waals surface area contributed by atoms with Crippen molar-refractivity contribution >= 4 is 11.7 Å². The first-order valence-electron chi connectivity index (χ1n) is 6.66. The fourth-order valence-corrected chi connectivity index (χ4v) is 2.09. The highest BCUT2D eigenvalue weighted by molar-refractivity contribution is 5.66. The van der Waals surface area contributed by atoms with Crippen LogP contribution in [0.4, 0.5) is 5.69 Å². The average Bonchev–Trinajstić information content (AvgIpc) is 2.45. The van der Waals surface area contributed by atoms with Gasteiger partial charge in [-0.15, -0.1) is 0 Å². The van der Waals surface area contributed by atoms with Gasteiger partial charge in [-0.05, 0) is 30.7 Å². The van der Waals surface area contributed by atoms with Crippen LogP contribution in [0.2, 0.25) is 0 Å². The zero-order valence-corrected chi connectivity index (χ0v) is 11.0. The van der Waals surface area contributed by atoms with Crippen molar-refractivity contribution in [2.75, 3.05) is 37.7 Å². The van der Waals surface area contributed by atoms with Gasteiger partial charge in [0.1, 0.15) is 5.75 Å². The largest absolute Gasteiger partial charge is 0.494 e. The first-order chi connectivity index (χ1) is 9.25. The third kappa shape index (κ3) is 4.44. The van der Waals surface area contributed by atoms with E-state index in [1.54, 1.807) is 0 Å². The van der Waals surface area contributed by atoms with Crippen LogP contribution in [0.15, 0.2) is 24.3 Å². The number of aliphatic carboxylic acids is 1. The summed E-state index contributed by atoms with van der Waals surface area (Å²) in [6.45, 7) is 4.54. The van der Waals surface area contributed by atoms with E-state index in [-0.39, 0.29) is 6.42 Å². The third-order valence-corrected chi connectivity index (χ3v) is 3.12. The van der Waals surface area contributed by atoms with Gasteiger partial charge in [-0.25, -0.2) is 0 Å². The summed E-state index contributed by atoms with van der Waals surface area (Å²) in [5.41, 5.74) is 1.21. The molecule has 0 unspecified atom stereocenters. The zero-order chi connectivity index (χ0) is 13.5. The molecule has 19 heavy (non-hydrogen) atoms. The van der Waals surface area contributed by atoms with E-state index in [9.17, 15) is 4.79 Å². The van der Waals surface area contributed by atoms with E-state index < -0.39 is 5.97 Å². The van der Waals surface area contributed by atoms with E-state index in [0.29, 0.717) is 13.0 Å². The Morgan fingerprint density at radius 2 is 1.95 bits per heavy atom. The summed E-state index contributed by atoms with van der Waals surface area (Å²) >= 11 is 0. The van der Waals surface area contributed by atoms with Crippen molar-refractivity contribution in [3.63, 3.8) is 0 Å². The number of piperazine rings is 1. The number of ether oxygens (including phenoxy) is 1. The molecule has 5 heteroatoms. The maximum atomic E-state index is 10.4. The summed E-state index contributed by atoms with van der Waals surface area (Å²) in [5, 5.41) is 11.9. The van der Waals surface area contributed by atoms with Gasteiger partial charge in [0.2, 0.25) is 0 Å². The number of nitrogens with zero attached hydrogens (tertiary/aromatic N) is 1. The van der Waals surface area contributed by atoms with Crippen molar-refractivity contribution < 1.29 is 14.6 Å². The van der Waals surface area contributed by atoms with E-state index in [4.69, 9.17) is 9.84 Å². The van der Waals surface area contributed by atoms with Crippen molar-refractivity contribution in [2.24, 2.45) is 0 Å². The van der Waals surface area contributed by atoms with Gasteiger partial charge in [0.15, 0.2) is 0 Å². The predicted molar refractivity (Wildman–Crippen MR) is 73.9 cm³/mol. The minimum absolute atomic E-state index is 0.152. The number of benzene rings is 1. The molecule has 1 aromatic carbocycles. The van der Waals surface area contributed by atoms with Crippen LogP contribution in [-0.4, -0.2) is 43.9 Å². The number of rotatable bonds is 6. The number of carbonyl (C=O) groups is 1. The first-order valence-corrected chi connectivity index (χ1v) is 6.66. The lowest BCUT2D eigenvalue weighted by Crippen LogP contribution is -2.43. The minimum Gasteiger partial charge on any atom is -0.494 e. The third-order valence-electron chi connectivity index (χ3n) is 3.12. The fourth-order valence-electron chi connectivity index (χ4n) is 2.09. The van der Waals surface area contributed by atoms with E-state index in [1.165, 1.54) is 5.69 Å². The summed E-state index contributed by atoms with van der Waals surface area (Å²) in [4.78, 5) is 12.7. The Labute approximate surface area is 113 Å². The smallest absolute Gasteiger partial charge is 0.303 e. The van der Waals surface area contributed by atoms with E-state index >= 15 is 0 Å². The van der Waals surface area contributed by atoms with Crippen molar-refractivity contribution in [1.29, 1.82) is 0 Å². The van der Waals surface area contributed by atoms with Crippen LogP contribution in [0.3, 0.4) is 0 Å². The quantitative estimate of drug-likeness (QED) is 0.759. The Kier molecular flexibility index (Phi) is 5.03. The summed E-state index contributed by atoms with van der Waals surface area (Å²) in [7, 11) is 0. The first kappa shape index (κ1) is 13.7. The molecule has 1 fully saturated rings. The van der Waals surface area contributed by atoms with Gasteiger partial charge in [-0.3, -0.25) is 4.79 Å². The molecule has 1 aliphatic heterocycles. The molecule has 1 aliphatic rings. The molecule has 0 aromatic heterocycles. The Balaban J connectivity index is 1.79. The van der Waals surface area contributed by atoms with Crippen LogP contribution >= 0.6 is 0 Å². The second-order valence-corrected chi connectivity index (χ2v) is 4.58. The maximum absolute atomic E-state index is 10.4. The lowest BCUT2D eigenvalue weighted by atomic mass is 10.2. The van der Waals surface area contributed by atoms with Gasteiger partial charge in [0.25, 0.3) is 0 Å². The second-order valence-electron chi connectivity index (χ2n) is 4.58.